The van der Waals surface area contributed by atoms with Crippen LogP contribution < -0.4 is 0 Å². The molecular formula is C13H24N2O3. The lowest BCUT2D eigenvalue weighted by molar-refractivity contribution is -0.147. The van der Waals surface area contributed by atoms with Crippen LogP contribution in [-0.2, 0) is 9.53 Å². The van der Waals surface area contributed by atoms with Crippen LogP contribution in [0.1, 0.15) is 19.3 Å². The van der Waals surface area contributed by atoms with Crippen molar-refractivity contribution in [3.63, 3.8) is 0 Å². The number of amides is 1. The second-order valence-corrected chi connectivity index (χ2v) is 5.37. The van der Waals surface area contributed by atoms with E-state index in [2.05, 4.69) is 4.90 Å². The average molecular weight is 256 g/mol. The number of aliphatic hydroxyl groups excluding tert-OH is 1. The molecule has 2 fully saturated rings. The lowest BCUT2D eigenvalue weighted by Gasteiger charge is -2.41. The van der Waals surface area contributed by atoms with Gasteiger partial charge in [0.15, 0.2) is 0 Å². The SMILES string of the molecule is CN(CCO)C[C@H]1COCCN1C(=O)C1CCC1. The van der Waals surface area contributed by atoms with Gasteiger partial charge >= 0.3 is 0 Å². The molecule has 1 saturated heterocycles. The van der Waals surface area contributed by atoms with Crippen molar-refractivity contribution in [2.45, 2.75) is 25.3 Å². The number of nitrogens with zero attached hydrogens (tertiary/aromatic N) is 2. The summed E-state index contributed by atoms with van der Waals surface area (Å²) in [6.07, 6.45) is 3.29. The Morgan fingerprint density at radius 2 is 2.28 bits per heavy atom. The molecule has 1 atom stereocenters. The summed E-state index contributed by atoms with van der Waals surface area (Å²) >= 11 is 0. The second kappa shape index (κ2) is 6.50. The van der Waals surface area contributed by atoms with Gasteiger partial charge in [-0.2, -0.15) is 0 Å². The molecule has 0 aromatic heterocycles. The number of aliphatic hydroxyl groups is 1. The molecule has 1 aliphatic carbocycles. The minimum atomic E-state index is 0.142. The summed E-state index contributed by atoms with van der Waals surface area (Å²) in [5.41, 5.74) is 0. The van der Waals surface area contributed by atoms with Gasteiger partial charge in [-0.25, -0.2) is 0 Å². The Kier molecular flexibility index (Phi) is 4.97. The van der Waals surface area contributed by atoms with E-state index in [0.29, 0.717) is 32.2 Å². The molecule has 5 heteroatoms. The molecule has 1 amide bonds. The maximum Gasteiger partial charge on any atom is 0.226 e. The highest BCUT2D eigenvalue weighted by atomic mass is 16.5. The van der Waals surface area contributed by atoms with Crippen LogP contribution in [0.25, 0.3) is 0 Å². The molecule has 0 aromatic rings. The molecule has 2 aliphatic rings. The predicted octanol–water partition coefficient (Wildman–Crippen LogP) is -0.0620. The third-order valence-corrected chi connectivity index (χ3v) is 3.97. The summed E-state index contributed by atoms with van der Waals surface area (Å²) in [6.45, 7) is 3.56. The molecule has 1 N–H and O–H groups in total. The first-order valence-corrected chi connectivity index (χ1v) is 6.90. The number of hydrogen-bond acceptors (Lipinski definition) is 4. The molecule has 1 heterocycles. The normalized spacial score (nSPS) is 25.3. The topological polar surface area (TPSA) is 53.0 Å². The molecule has 2 rings (SSSR count). The molecule has 104 valence electrons. The van der Waals surface area contributed by atoms with E-state index in [0.717, 1.165) is 19.4 Å². The van der Waals surface area contributed by atoms with Crippen molar-refractivity contribution < 1.29 is 14.6 Å². The van der Waals surface area contributed by atoms with Crippen molar-refractivity contribution in [3.8, 4) is 0 Å². The molecule has 0 spiro atoms. The fourth-order valence-electron chi connectivity index (χ4n) is 2.61. The number of hydrogen-bond donors (Lipinski definition) is 1. The number of likely N-dealkylation sites (N-methyl/N-ethyl adjacent to an activating group) is 1. The van der Waals surface area contributed by atoms with Gasteiger partial charge in [-0.3, -0.25) is 4.79 Å². The summed E-state index contributed by atoms with van der Waals surface area (Å²) in [4.78, 5) is 16.4. The smallest absolute Gasteiger partial charge is 0.226 e. The predicted molar refractivity (Wildman–Crippen MR) is 68.2 cm³/mol. The zero-order valence-electron chi connectivity index (χ0n) is 11.2. The third-order valence-electron chi connectivity index (χ3n) is 3.97. The zero-order valence-corrected chi connectivity index (χ0v) is 11.2. The maximum atomic E-state index is 12.3. The Balaban J connectivity index is 1.90. The van der Waals surface area contributed by atoms with Crippen LogP contribution in [0.15, 0.2) is 0 Å². The Morgan fingerprint density at radius 3 is 2.89 bits per heavy atom. The number of ether oxygens (including phenoxy) is 1. The molecule has 0 aromatic carbocycles. The first-order chi connectivity index (χ1) is 8.72. The summed E-state index contributed by atoms with van der Waals surface area (Å²) in [5.74, 6) is 0.570. The van der Waals surface area contributed by atoms with Crippen molar-refractivity contribution in [2.24, 2.45) is 5.92 Å². The molecule has 1 saturated carbocycles. The van der Waals surface area contributed by atoms with Crippen molar-refractivity contribution in [3.05, 3.63) is 0 Å². The first-order valence-electron chi connectivity index (χ1n) is 6.90. The summed E-state index contributed by atoms with van der Waals surface area (Å²) in [6, 6.07) is 0.142. The fraction of sp³-hybridized carbons (Fsp3) is 0.923. The summed E-state index contributed by atoms with van der Waals surface area (Å²) in [7, 11) is 1.97. The molecule has 5 nitrogen and oxygen atoms in total. The standard InChI is InChI=1S/C13H24N2O3/c1-14(5-7-16)9-12-10-18-8-6-15(12)13(17)11-3-2-4-11/h11-12,16H,2-10H2,1H3/t12-/m0/s1. The zero-order chi connectivity index (χ0) is 13.0. The van der Waals surface area contributed by atoms with E-state index in [1.54, 1.807) is 0 Å². The van der Waals surface area contributed by atoms with E-state index in [1.165, 1.54) is 6.42 Å². The van der Waals surface area contributed by atoms with Gasteiger partial charge in [0.1, 0.15) is 0 Å². The Hall–Kier alpha value is -0.650. The van der Waals surface area contributed by atoms with Gasteiger partial charge in [-0.1, -0.05) is 6.42 Å². The van der Waals surface area contributed by atoms with E-state index in [9.17, 15) is 4.79 Å². The first kappa shape index (κ1) is 13.8. The van der Waals surface area contributed by atoms with Gasteiger partial charge in [0.05, 0.1) is 25.9 Å². The highest BCUT2D eigenvalue weighted by Crippen LogP contribution is 2.29. The van der Waals surface area contributed by atoms with Crippen LogP contribution in [0.2, 0.25) is 0 Å². The second-order valence-electron chi connectivity index (χ2n) is 5.37. The number of carbonyl (C=O) groups excluding carboxylic acids is 1. The minimum Gasteiger partial charge on any atom is -0.395 e. The molecular weight excluding hydrogens is 232 g/mol. The lowest BCUT2D eigenvalue weighted by Crippen LogP contribution is -2.55. The largest absolute Gasteiger partial charge is 0.395 e. The Labute approximate surface area is 109 Å². The molecule has 0 radical (unpaired) electrons. The van der Waals surface area contributed by atoms with Crippen LogP contribution in [0.5, 0.6) is 0 Å². The van der Waals surface area contributed by atoms with Crippen LogP contribution >= 0.6 is 0 Å². The lowest BCUT2D eigenvalue weighted by atomic mass is 9.84. The van der Waals surface area contributed by atoms with Gasteiger partial charge in [-0.15, -0.1) is 0 Å². The van der Waals surface area contributed by atoms with E-state index in [1.807, 2.05) is 11.9 Å². The highest BCUT2D eigenvalue weighted by Gasteiger charge is 2.34. The van der Waals surface area contributed by atoms with Crippen molar-refractivity contribution in [2.75, 3.05) is 46.5 Å². The number of carbonyl (C=O) groups is 1. The van der Waals surface area contributed by atoms with E-state index < -0.39 is 0 Å². The van der Waals surface area contributed by atoms with E-state index in [-0.39, 0.29) is 18.6 Å². The summed E-state index contributed by atoms with van der Waals surface area (Å²) < 4.78 is 5.49. The monoisotopic (exact) mass is 256 g/mol. The van der Waals surface area contributed by atoms with E-state index in [4.69, 9.17) is 9.84 Å². The average Bonchev–Trinajstić information content (AvgIpc) is 2.27. The van der Waals surface area contributed by atoms with Crippen LogP contribution in [0, 0.1) is 5.92 Å². The molecule has 1 aliphatic heterocycles. The maximum absolute atomic E-state index is 12.3. The Bertz CT molecular complexity index is 281. The Morgan fingerprint density at radius 1 is 1.50 bits per heavy atom. The van der Waals surface area contributed by atoms with Gasteiger partial charge < -0.3 is 19.6 Å². The van der Waals surface area contributed by atoms with Gasteiger partial charge in [0, 0.05) is 25.6 Å². The van der Waals surface area contributed by atoms with Crippen LogP contribution in [-0.4, -0.2) is 73.4 Å². The summed E-state index contributed by atoms with van der Waals surface area (Å²) in [5, 5.41) is 8.92. The van der Waals surface area contributed by atoms with E-state index >= 15 is 0 Å². The number of morpholine rings is 1. The minimum absolute atomic E-state index is 0.142. The van der Waals surface area contributed by atoms with Crippen LogP contribution in [0.4, 0.5) is 0 Å². The van der Waals surface area contributed by atoms with Crippen molar-refractivity contribution >= 4 is 5.91 Å². The van der Waals surface area contributed by atoms with Crippen molar-refractivity contribution in [1.82, 2.24) is 9.80 Å². The molecule has 18 heavy (non-hydrogen) atoms. The molecule has 0 bridgehead atoms. The van der Waals surface area contributed by atoms with Gasteiger partial charge in [0.25, 0.3) is 0 Å². The third kappa shape index (κ3) is 3.22. The quantitative estimate of drug-likeness (QED) is 0.748. The number of rotatable bonds is 5. The van der Waals surface area contributed by atoms with Gasteiger partial charge in [0.2, 0.25) is 5.91 Å². The fourth-order valence-corrected chi connectivity index (χ4v) is 2.61. The van der Waals surface area contributed by atoms with Crippen molar-refractivity contribution in [1.29, 1.82) is 0 Å². The van der Waals surface area contributed by atoms with Crippen LogP contribution in [0.3, 0.4) is 0 Å². The van der Waals surface area contributed by atoms with Gasteiger partial charge in [-0.05, 0) is 19.9 Å². The highest BCUT2D eigenvalue weighted by molar-refractivity contribution is 5.80. The molecule has 0 unspecified atom stereocenters.